The number of benzene rings is 2. The number of hydrogen-bond acceptors (Lipinski definition) is 6. The highest BCUT2D eigenvalue weighted by atomic mass is 16.6. The first-order chi connectivity index (χ1) is 11.6. The third kappa shape index (κ3) is 2.19. The molecule has 0 saturated carbocycles. The van der Waals surface area contributed by atoms with E-state index in [4.69, 9.17) is 0 Å². The molecule has 118 valence electrons. The summed E-state index contributed by atoms with van der Waals surface area (Å²) in [4.78, 5) is 10.6. The Kier molecular flexibility index (Phi) is 3.05. The lowest BCUT2D eigenvalue weighted by atomic mass is 9.97. The summed E-state index contributed by atoms with van der Waals surface area (Å²) in [6.07, 6.45) is 1.78. The van der Waals surface area contributed by atoms with Crippen molar-refractivity contribution in [3.63, 3.8) is 0 Å². The van der Waals surface area contributed by atoms with Crippen LogP contribution in [0.15, 0.2) is 42.6 Å². The molecule has 0 unspecified atom stereocenters. The van der Waals surface area contributed by atoms with Gasteiger partial charge in [-0.2, -0.15) is 10.3 Å². The first kappa shape index (κ1) is 14.0. The first-order valence-corrected chi connectivity index (χ1v) is 7.08. The second kappa shape index (κ2) is 5.23. The summed E-state index contributed by atoms with van der Waals surface area (Å²) in [7, 11) is 1.87. The summed E-state index contributed by atoms with van der Waals surface area (Å²) in [5.41, 5.74) is 3.20. The van der Waals surface area contributed by atoms with Crippen LogP contribution >= 0.6 is 0 Å². The van der Waals surface area contributed by atoms with Crippen molar-refractivity contribution >= 4 is 16.6 Å². The fourth-order valence-corrected chi connectivity index (χ4v) is 2.69. The molecule has 9 nitrogen and oxygen atoms in total. The lowest BCUT2D eigenvalue weighted by molar-refractivity contribution is -0.384. The monoisotopic (exact) mass is 321 g/mol. The van der Waals surface area contributed by atoms with Gasteiger partial charge in [0.2, 0.25) is 5.82 Å². The molecular formula is C15H11N7O2. The number of non-ortho nitro benzene ring substituents is 1. The molecule has 4 aromatic rings. The van der Waals surface area contributed by atoms with Crippen molar-refractivity contribution in [3.05, 3.63) is 52.7 Å². The Labute approximate surface area is 135 Å². The van der Waals surface area contributed by atoms with Gasteiger partial charge in [-0.05, 0) is 34.5 Å². The van der Waals surface area contributed by atoms with Gasteiger partial charge < -0.3 is 0 Å². The van der Waals surface area contributed by atoms with Crippen molar-refractivity contribution in [3.8, 4) is 22.5 Å². The Morgan fingerprint density at radius 1 is 1.17 bits per heavy atom. The maximum atomic E-state index is 11.1. The molecule has 4 rings (SSSR count). The van der Waals surface area contributed by atoms with Crippen LogP contribution in [-0.2, 0) is 7.05 Å². The number of aryl methyl sites for hydroxylation is 1. The molecular weight excluding hydrogens is 310 g/mol. The summed E-state index contributed by atoms with van der Waals surface area (Å²) < 4.78 is 1.79. The zero-order chi connectivity index (χ0) is 16.7. The summed E-state index contributed by atoms with van der Waals surface area (Å²) in [5.74, 6) is 0.306. The number of aromatic amines is 1. The van der Waals surface area contributed by atoms with Crippen LogP contribution in [0, 0.1) is 10.1 Å². The lowest BCUT2D eigenvalue weighted by Gasteiger charge is -2.07. The Balaban J connectivity index is 1.94. The van der Waals surface area contributed by atoms with E-state index in [2.05, 4.69) is 25.7 Å². The van der Waals surface area contributed by atoms with Crippen molar-refractivity contribution < 1.29 is 4.92 Å². The Morgan fingerprint density at radius 2 is 2.04 bits per heavy atom. The number of hydrogen-bond donors (Lipinski definition) is 1. The van der Waals surface area contributed by atoms with Crippen LogP contribution in [0.5, 0.6) is 0 Å². The average Bonchev–Trinajstić information content (AvgIpc) is 3.24. The maximum absolute atomic E-state index is 11.1. The molecule has 0 amide bonds. The molecule has 0 saturated heterocycles. The predicted octanol–water partition coefficient (Wildman–Crippen LogP) is 2.33. The van der Waals surface area contributed by atoms with Crippen molar-refractivity contribution in [1.29, 1.82) is 0 Å². The standard InChI is InChI=1S/C15H11N7O2/c1-21-14-5-2-9(6-10(14)8-16-21)12-4-3-11(22(23)24)7-13(12)15-17-19-20-18-15/h2-8H,1H3,(H,17,18,19,20). The topological polar surface area (TPSA) is 115 Å². The number of H-pyrrole nitrogens is 1. The number of fused-ring (bicyclic) bond motifs is 1. The quantitative estimate of drug-likeness (QED) is 0.457. The van der Waals surface area contributed by atoms with Gasteiger partial charge in [-0.1, -0.05) is 6.07 Å². The van der Waals surface area contributed by atoms with Gasteiger partial charge in [0.1, 0.15) is 0 Å². The van der Waals surface area contributed by atoms with Crippen molar-refractivity contribution in [1.82, 2.24) is 30.4 Å². The van der Waals surface area contributed by atoms with Crippen LogP contribution in [0.4, 0.5) is 5.69 Å². The first-order valence-electron chi connectivity index (χ1n) is 7.08. The second-order valence-electron chi connectivity index (χ2n) is 5.26. The van der Waals surface area contributed by atoms with Gasteiger partial charge in [-0.15, -0.1) is 10.2 Å². The van der Waals surface area contributed by atoms with E-state index in [1.165, 1.54) is 12.1 Å². The summed E-state index contributed by atoms with van der Waals surface area (Å²) in [5, 5.41) is 30.1. The molecule has 0 aliphatic rings. The number of nitrogens with zero attached hydrogens (tertiary/aromatic N) is 6. The zero-order valence-electron chi connectivity index (χ0n) is 12.5. The molecule has 0 atom stereocenters. The van der Waals surface area contributed by atoms with Gasteiger partial charge in [0.05, 0.1) is 16.6 Å². The number of rotatable bonds is 3. The molecule has 2 aromatic carbocycles. The molecule has 1 N–H and O–H groups in total. The molecule has 0 fully saturated rings. The lowest BCUT2D eigenvalue weighted by Crippen LogP contribution is -1.93. The SMILES string of the molecule is Cn1ncc2cc(-c3ccc([N+](=O)[O-])cc3-c3nn[nH]n3)ccc21. The van der Waals surface area contributed by atoms with Crippen LogP contribution in [0.2, 0.25) is 0 Å². The molecule has 0 aliphatic heterocycles. The van der Waals surface area contributed by atoms with Crippen LogP contribution in [0.1, 0.15) is 0 Å². The minimum Gasteiger partial charge on any atom is -0.268 e. The third-order valence-corrected chi connectivity index (χ3v) is 3.86. The number of nitrogens with one attached hydrogen (secondary N) is 1. The summed E-state index contributed by atoms with van der Waals surface area (Å²) in [6.45, 7) is 0. The second-order valence-corrected chi connectivity index (χ2v) is 5.26. The van der Waals surface area contributed by atoms with E-state index in [0.29, 0.717) is 11.4 Å². The van der Waals surface area contributed by atoms with Crippen molar-refractivity contribution in [2.75, 3.05) is 0 Å². The van der Waals surface area contributed by atoms with Crippen molar-refractivity contribution in [2.45, 2.75) is 0 Å². The third-order valence-electron chi connectivity index (χ3n) is 3.86. The molecule has 0 aliphatic carbocycles. The van der Waals surface area contributed by atoms with E-state index in [1.54, 1.807) is 16.9 Å². The highest BCUT2D eigenvalue weighted by Gasteiger charge is 2.17. The van der Waals surface area contributed by atoms with Gasteiger partial charge in [0.15, 0.2) is 0 Å². The van der Waals surface area contributed by atoms with Crippen molar-refractivity contribution in [2.24, 2.45) is 7.05 Å². The zero-order valence-corrected chi connectivity index (χ0v) is 12.5. The van der Waals surface area contributed by atoms with E-state index < -0.39 is 4.92 Å². The molecule has 0 radical (unpaired) electrons. The van der Waals surface area contributed by atoms with E-state index >= 15 is 0 Å². The highest BCUT2D eigenvalue weighted by Crippen LogP contribution is 2.34. The predicted molar refractivity (Wildman–Crippen MR) is 86.0 cm³/mol. The Hall–Kier alpha value is -3.62. The largest absolute Gasteiger partial charge is 0.270 e. The molecule has 2 heterocycles. The van der Waals surface area contributed by atoms with Crippen LogP contribution in [0.25, 0.3) is 33.4 Å². The van der Waals surface area contributed by atoms with E-state index in [-0.39, 0.29) is 5.69 Å². The van der Waals surface area contributed by atoms with Crippen LogP contribution < -0.4 is 0 Å². The minimum atomic E-state index is -0.447. The van der Waals surface area contributed by atoms with Gasteiger partial charge >= 0.3 is 0 Å². The fraction of sp³-hybridized carbons (Fsp3) is 0.0667. The fourth-order valence-electron chi connectivity index (χ4n) is 2.69. The number of aromatic nitrogens is 6. The van der Waals surface area contributed by atoms with Crippen LogP contribution in [-0.4, -0.2) is 35.3 Å². The van der Waals surface area contributed by atoms with Gasteiger partial charge in [0.25, 0.3) is 5.69 Å². The summed E-state index contributed by atoms with van der Waals surface area (Å²) in [6, 6.07) is 10.5. The van der Waals surface area contributed by atoms with Gasteiger partial charge in [-0.3, -0.25) is 14.8 Å². The molecule has 24 heavy (non-hydrogen) atoms. The highest BCUT2D eigenvalue weighted by molar-refractivity contribution is 5.89. The molecule has 9 heteroatoms. The molecule has 0 spiro atoms. The number of nitro groups is 1. The maximum Gasteiger partial charge on any atom is 0.270 e. The van der Waals surface area contributed by atoms with Gasteiger partial charge in [0, 0.05) is 30.1 Å². The Bertz CT molecular complexity index is 1050. The van der Waals surface area contributed by atoms with E-state index in [1.807, 2.05) is 25.2 Å². The van der Waals surface area contributed by atoms with E-state index in [9.17, 15) is 10.1 Å². The smallest absolute Gasteiger partial charge is 0.268 e. The Morgan fingerprint density at radius 3 is 2.79 bits per heavy atom. The summed E-state index contributed by atoms with van der Waals surface area (Å²) >= 11 is 0. The number of tetrazole rings is 1. The minimum absolute atomic E-state index is 0.0268. The molecule has 0 bridgehead atoms. The van der Waals surface area contributed by atoms with E-state index in [0.717, 1.165) is 22.0 Å². The average molecular weight is 321 g/mol. The van der Waals surface area contributed by atoms with Gasteiger partial charge in [-0.25, -0.2) is 0 Å². The number of nitro benzene ring substituents is 1. The van der Waals surface area contributed by atoms with Crippen LogP contribution in [0.3, 0.4) is 0 Å². The normalized spacial score (nSPS) is 11.0. The molecule has 2 aromatic heterocycles.